The maximum absolute atomic E-state index is 12.3. The summed E-state index contributed by atoms with van der Waals surface area (Å²) in [5.74, 6) is -0.827. The number of aryl methyl sites for hydroxylation is 1. The van der Waals surface area contributed by atoms with Crippen LogP contribution in [0.25, 0.3) is 0 Å². The van der Waals surface area contributed by atoms with E-state index in [1.54, 1.807) is 55.6 Å². The Labute approximate surface area is 209 Å². The van der Waals surface area contributed by atoms with E-state index in [0.29, 0.717) is 17.1 Å². The van der Waals surface area contributed by atoms with Crippen molar-refractivity contribution < 1.29 is 23.9 Å². The highest BCUT2D eigenvalue weighted by atomic mass is 16.5. The predicted octanol–water partition coefficient (Wildman–Crippen LogP) is 3.10. The number of anilines is 1. The lowest BCUT2D eigenvalue weighted by atomic mass is 10.1. The summed E-state index contributed by atoms with van der Waals surface area (Å²) in [5, 5.41) is 9.17. The van der Waals surface area contributed by atoms with Crippen LogP contribution in [0, 0.1) is 13.8 Å². The van der Waals surface area contributed by atoms with Crippen LogP contribution in [0.1, 0.15) is 22.3 Å². The Bertz CT molecular complexity index is 1260. The highest BCUT2D eigenvalue weighted by molar-refractivity contribution is 6.35. The molecular weight excluding hydrogens is 460 g/mol. The van der Waals surface area contributed by atoms with Gasteiger partial charge in [0.05, 0.1) is 13.3 Å². The number of ether oxygens (including phenoxy) is 2. The summed E-state index contributed by atoms with van der Waals surface area (Å²) in [4.78, 5) is 36.2. The summed E-state index contributed by atoms with van der Waals surface area (Å²) in [6, 6.07) is 19.6. The molecule has 0 unspecified atom stereocenters. The van der Waals surface area contributed by atoms with Gasteiger partial charge in [-0.3, -0.25) is 14.4 Å². The van der Waals surface area contributed by atoms with E-state index >= 15 is 0 Å². The third-order valence-electron chi connectivity index (χ3n) is 5.30. The fourth-order valence-electron chi connectivity index (χ4n) is 3.13. The van der Waals surface area contributed by atoms with Crippen molar-refractivity contribution in [2.45, 2.75) is 20.4 Å². The fraction of sp³-hybridized carbons (Fsp3) is 0.185. The van der Waals surface area contributed by atoms with Gasteiger partial charge in [-0.15, -0.1) is 0 Å². The molecule has 0 aliphatic carbocycles. The molecule has 0 saturated heterocycles. The minimum absolute atomic E-state index is 0.168. The van der Waals surface area contributed by atoms with E-state index in [4.69, 9.17) is 9.47 Å². The van der Waals surface area contributed by atoms with Crippen LogP contribution in [0.4, 0.5) is 5.69 Å². The number of methoxy groups -OCH3 is 1. The van der Waals surface area contributed by atoms with E-state index in [2.05, 4.69) is 21.2 Å². The van der Waals surface area contributed by atoms with Gasteiger partial charge in [0.15, 0.2) is 6.61 Å². The molecular formula is C27H28N4O5. The van der Waals surface area contributed by atoms with Gasteiger partial charge in [0, 0.05) is 12.2 Å². The average molecular weight is 489 g/mol. The van der Waals surface area contributed by atoms with Gasteiger partial charge in [0.2, 0.25) is 0 Å². The van der Waals surface area contributed by atoms with Gasteiger partial charge in [-0.1, -0.05) is 36.4 Å². The van der Waals surface area contributed by atoms with Crippen LogP contribution in [0.15, 0.2) is 71.8 Å². The number of carbonyl (C=O) groups is 3. The number of hydrogen-bond acceptors (Lipinski definition) is 6. The summed E-state index contributed by atoms with van der Waals surface area (Å²) >= 11 is 0. The van der Waals surface area contributed by atoms with Crippen LogP contribution < -0.4 is 25.5 Å². The highest BCUT2D eigenvalue weighted by Crippen LogP contribution is 2.18. The normalized spacial score (nSPS) is 10.5. The van der Waals surface area contributed by atoms with Crippen LogP contribution in [0.2, 0.25) is 0 Å². The first-order valence-corrected chi connectivity index (χ1v) is 11.2. The molecule has 9 nitrogen and oxygen atoms in total. The number of hydrazone groups is 1. The number of benzene rings is 3. The fourth-order valence-corrected chi connectivity index (χ4v) is 3.13. The Balaban J connectivity index is 1.45. The van der Waals surface area contributed by atoms with E-state index in [1.807, 2.05) is 32.0 Å². The zero-order valence-corrected chi connectivity index (χ0v) is 20.3. The van der Waals surface area contributed by atoms with Crippen molar-refractivity contribution in [1.82, 2.24) is 10.7 Å². The number of carbonyl (C=O) groups excluding carboxylic acids is 3. The molecule has 3 rings (SSSR count). The van der Waals surface area contributed by atoms with Crippen LogP contribution in [-0.4, -0.2) is 37.7 Å². The first-order chi connectivity index (χ1) is 17.4. The van der Waals surface area contributed by atoms with Gasteiger partial charge in [-0.2, -0.15) is 5.10 Å². The molecule has 0 atom stereocenters. The van der Waals surface area contributed by atoms with Crippen LogP contribution in [0.5, 0.6) is 11.5 Å². The zero-order chi connectivity index (χ0) is 25.9. The molecule has 0 aliphatic heterocycles. The quantitative estimate of drug-likeness (QED) is 0.243. The second kappa shape index (κ2) is 12.7. The van der Waals surface area contributed by atoms with Crippen LogP contribution >= 0.6 is 0 Å². The topological polar surface area (TPSA) is 118 Å². The Morgan fingerprint density at radius 1 is 0.917 bits per heavy atom. The molecule has 0 bridgehead atoms. The lowest BCUT2D eigenvalue weighted by molar-refractivity contribution is -0.139. The van der Waals surface area contributed by atoms with Crippen LogP contribution in [-0.2, 0) is 20.9 Å². The Hall–Kier alpha value is -4.66. The van der Waals surface area contributed by atoms with Crippen molar-refractivity contribution in [3.05, 3.63) is 89.0 Å². The van der Waals surface area contributed by atoms with Crippen LogP contribution in [0.3, 0.4) is 0 Å². The second-order valence-electron chi connectivity index (χ2n) is 7.89. The highest BCUT2D eigenvalue weighted by Gasteiger charge is 2.12. The maximum Gasteiger partial charge on any atom is 0.329 e. The molecule has 0 spiro atoms. The van der Waals surface area contributed by atoms with E-state index < -0.39 is 11.8 Å². The summed E-state index contributed by atoms with van der Waals surface area (Å²) in [5.41, 5.74) is 6.45. The van der Waals surface area contributed by atoms with Gasteiger partial charge in [0.25, 0.3) is 5.91 Å². The molecule has 3 N–H and O–H groups in total. The summed E-state index contributed by atoms with van der Waals surface area (Å²) < 4.78 is 10.7. The molecule has 186 valence electrons. The van der Waals surface area contributed by atoms with Gasteiger partial charge < -0.3 is 20.1 Å². The molecule has 3 aromatic carbocycles. The monoisotopic (exact) mass is 488 g/mol. The molecule has 0 aromatic heterocycles. The Kier molecular flexibility index (Phi) is 9.16. The second-order valence-corrected chi connectivity index (χ2v) is 7.89. The van der Waals surface area contributed by atoms with Crippen molar-refractivity contribution in [3.8, 4) is 11.5 Å². The molecule has 3 aromatic rings. The molecule has 9 heteroatoms. The molecule has 0 heterocycles. The van der Waals surface area contributed by atoms with E-state index in [1.165, 1.54) is 6.21 Å². The average Bonchev–Trinajstić information content (AvgIpc) is 2.89. The number of amides is 3. The third-order valence-corrected chi connectivity index (χ3v) is 5.30. The summed E-state index contributed by atoms with van der Waals surface area (Å²) in [6.45, 7) is 3.94. The standard InChI is InChI=1S/C27H28N4O5/c1-18-6-4-9-24(19(18)2)30-25(32)17-36-23-8-5-7-21(14-23)16-29-31-27(34)26(33)28-15-20-10-12-22(35-3)13-11-20/h4-14,16H,15,17H2,1-3H3,(H,28,33)(H,30,32)(H,31,34)/b29-16-. The van der Waals surface area contributed by atoms with Gasteiger partial charge in [-0.05, 0) is 66.4 Å². The summed E-state index contributed by atoms with van der Waals surface area (Å²) in [6.07, 6.45) is 1.37. The first-order valence-electron chi connectivity index (χ1n) is 11.2. The first kappa shape index (κ1) is 26.0. The minimum atomic E-state index is -0.893. The lowest BCUT2D eigenvalue weighted by Gasteiger charge is -2.11. The molecule has 36 heavy (non-hydrogen) atoms. The largest absolute Gasteiger partial charge is 0.497 e. The van der Waals surface area contributed by atoms with Gasteiger partial charge in [-0.25, -0.2) is 5.43 Å². The van der Waals surface area contributed by atoms with Crippen molar-refractivity contribution in [2.24, 2.45) is 5.10 Å². The predicted molar refractivity (Wildman–Crippen MR) is 137 cm³/mol. The number of nitrogens with zero attached hydrogens (tertiary/aromatic N) is 1. The lowest BCUT2D eigenvalue weighted by Crippen LogP contribution is -2.37. The Morgan fingerprint density at radius 2 is 1.67 bits per heavy atom. The molecule has 0 fully saturated rings. The van der Waals surface area contributed by atoms with E-state index in [-0.39, 0.29) is 19.1 Å². The van der Waals surface area contributed by atoms with Gasteiger partial charge >= 0.3 is 11.8 Å². The summed E-state index contributed by atoms with van der Waals surface area (Å²) in [7, 11) is 1.57. The SMILES string of the molecule is COc1ccc(CNC(=O)C(=O)N/N=C\c2cccc(OCC(=O)Nc3cccc(C)c3C)c2)cc1. The molecule has 3 amide bonds. The Morgan fingerprint density at radius 3 is 2.42 bits per heavy atom. The van der Waals surface area contributed by atoms with Crippen molar-refractivity contribution in [2.75, 3.05) is 19.0 Å². The third kappa shape index (κ3) is 7.69. The van der Waals surface area contributed by atoms with Crippen molar-refractivity contribution in [3.63, 3.8) is 0 Å². The molecule has 0 radical (unpaired) electrons. The molecule has 0 saturated carbocycles. The minimum Gasteiger partial charge on any atom is -0.497 e. The van der Waals surface area contributed by atoms with Gasteiger partial charge in [0.1, 0.15) is 11.5 Å². The van der Waals surface area contributed by atoms with E-state index in [0.717, 1.165) is 22.4 Å². The smallest absolute Gasteiger partial charge is 0.329 e. The van der Waals surface area contributed by atoms with Crippen molar-refractivity contribution in [1.29, 1.82) is 0 Å². The number of nitrogens with one attached hydrogen (secondary N) is 3. The molecule has 0 aliphatic rings. The maximum atomic E-state index is 12.3. The zero-order valence-electron chi connectivity index (χ0n) is 20.3. The number of hydrogen-bond donors (Lipinski definition) is 3. The number of rotatable bonds is 9. The van der Waals surface area contributed by atoms with E-state index in [9.17, 15) is 14.4 Å². The van der Waals surface area contributed by atoms with Crippen molar-refractivity contribution >= 4 is 29.6 Å².